The molecular formula is C11H18ClN3O2. The molecule has 6 heteroatoms. The van der Waals surface area contributed by atoms with Crippen molar-refractivity contribution in [2.24, 2.45) is 5.92 Å². The summed E-state index contributed by atoms with van der Waals surface area (Å²) in [6.07, 6.45) is 2.07. The highest BCUT2D eigenvalue weighted by Crippen LogP contribution is 2.13. The lowest BCUT2D eigenvalue weighted by atomic mass is 10.1. The third kappa shape index (κ3) is 5.68. The molecule has 0 unspecified atom stereocenters. The van der Waals surface area contributed by atoms with Gasteiger partial charge in [0.05, 0.1) is 13.2 Å². The second-order valence-corrected chi connectivity index (χ2v) is 4.33. The lowest BCUT2D eigenvalue weighted by Gasteiger charge is -2.07. The fraction of sp³-hybridized carbons (Fsp3) is 0.727. The van der Waals surface area contributed by atoms with E-state index in [1.54, 1.807) is 0 Å². The smallest absolute Gasteiger partial charge is 0.323 e. The van der Waals surface area contributed by atoms with Gasteiger partial charge in [-0.25, -0.2) is 0 Å². The molecule has 0 N–H and O–H groups in total. The van der Waals surface area contributed by atoms with Crippen LogP contribution in [0.25, 0.3) is 0 Å². The summed E-state index contributed by atoms with van der Waals surface area (Å²) < 4.78 is 10.5. The Hall–Kier alpha value is -1.10. The average Bonchev–Trinajstić information content (AvgIpc) is 2.24. The van der Waals surface area contributed by atoms with Gasteiger partial charge in [0.25, 0.3) is 0 Å². The highest BCUT2D eigenvalue weighted by molar-refractivity contribution is 6.28. The van der Waals surface area contributed by atoms with E-state index in [4.69, 9.17) is 21.1 Å². The maximum atomic E-state index is 5.73. The number of aromatic nitrogens is 3. The van der Waals surface area contributed by atoms with Crippen molar-refractivity contribution in [1.29, 1.82) is 0 Å². The molecule has 0 aliphatic rings. The molecular weight excluding hydrogens is 242 g/mol. The maximum absolute atomic E-state index is 5.73. The zero-order chi connectivity index (χ0) is 12.7. The molecule has 0 fully saturated rings. The van der Waals surface area contributed by atoms with Crippen LogP contribution in [0.1, 0.15) is 33.6 Å². The van der Waals surface area contributed by atoms with Crippen molar-refractivity contribution in [2.75, 3.05) is 13.2 Å². The van der Waals surface area contributed by atoms with Crippen LogP contribution in [0.5, 0.6) is 12.0 Å². The van der Waals surface area contributed by atoms with E-state index < -0.39 is 0 Å². The lowest BCUT2D eigenvalue weighted by molar-refractivity contribution is 0.259. The highest BCUT2D eigenvalue weighted by atomic mass is 35.5. The minimum absolute atomic E-state index is 0.0855. The van der Waals surface area contributed by atoms with Crippen molar-refractivity contribution in [3.8, 4) is 12.0 Å². The molecule has 0 aliphatic heterocycles. The molecule has 0 bridgehead atoms. The Bertz CT molecular complexity index is 347. The van der Waals surface area contributed by atoms with Crippen LogP contribution in [0.2, 0.25) is 5.28 Å². The standard InChI is InChI=1S/C11H18ClN3O2/c1-4-16-10-13-9(12)14-11(15-10)17-7-5-6-8(2)3/h8H,4-7H2,1-3H3. The van der Waals surface area contributed by atoms with E-state index in [-0.39, 0.29) is 17.3 Å². The molecule has 5 nitrogen and oxygen atoms in total. The number of hydrogen-bond acceptors (Lipinski definition) is 5. The second-order valence-electron chi connectivity index (χ2n) is 3.99. The number of ether oxygens (including phenoxy) is 2. The molecule has 0 radical (unpaired) electrons. The SMILES string of the molecule is CCOc1nc(Cl)nc(OCCCC(C)C)n1. The van der Waals surface area contributed by atoms with Crippen molar-refractivity contribution >= 4 is 11.6 Å². The maximum Gasteiger partial charge on any atom is 0.323 e. The monoisotopic (exact) mass is 259 g/mol. The van der Waals surface area contributed by atoms with Crippen LogP contribution in [-0.4, -0.2) is 28.2 Å². The molecule has 1 aromatic rings. The Labute approximate surface area is 107 Å². The summed E-state index contributed by atoms with van der Waals surface area (Å²) in [6.45, 7) is 7.25. The number of hydrogen-bond donors (Lipinski definition) is 0. The first kappa shape index (κ1) is 14.0. The molecule has 17 heavy (non-hydrogen) atoms. The van der Waals surface area contributed by atoms with Crippen LogP contribution in [0, 0.1) is 5.92 Å². The molecule has 0 saturated heterocycles. The zero-order valence-corrected chi connectivity index (χ0v) is 11.2. The Morgan fingerprint density at radius 2 is 1.76 bits per heavy atom. The fourth-order valence-electron chi connectivity index (χ4n) is 1.23. The molecule has 1 heterocycles. The van der Waals surface area contributed by atoms with Gasteiger partial charge in [-0.15, -0.1) is 4.98 Å². The van der Waals surface area contributed by atoms with Gasteiger partial charge in [0.1, 0.15) is 0 Å². The van der Waals surface area contributed by atoms with E-state index >= 15 is 0 Å². The van der Waals surface area contributed by atoms with Crippen LogP contribution >= 0.6 is 11.6 Å². The van der Waals surface area contributed by atoms with E-state index in [1.807, 2.05) is 6.92 Å². The molecule has 0 atom stereocenters. The summed E-state index contributed by atoms with van der Waals surface area (Å²) in [5.74, 6) is 0.666. The summed E-state index contributed by atoms with van der Waals surface area (Å²) in [5.41, 5.74) is 0. The average molecular weight is 260 g/mol. The Kier molecular flexibility index (Phi) is 5.97. The van der Waals surface area contributed by atoms with Gasteiger partial charge in [0.2, 0.25) is 5.28 Å². The number of nitrogens with zero attached hydrogens (tertiary/aromatic N) is 3. The summed E-state index contributed by atoms with van der Waals surface area (Å²) in [5, 5.41) is 0.0855. The van der Waals surface area contributed by atoms with Gasteiger partial charge in [0, 0.05) is 0 Å². The summed E-state index contributed by atoms with van der Waals surface area (Å²) in [7, 11) is 0. The minimum atomic E-state index is 0.0855. The Morgan fingerprint density at radius 3 is 2.35 bits per heavy atom. The minimum Gasteiger partial charge on any atom is -0.464 e. The van der Waals surface area contributed by atoms with E-state index in [0.717, 1.165) is 12.8 Å². The van der Waals surface area contributed by atoms with Crippen molar-refractivity contribution in [3.63, 3.8) is 0 Å². The van der Waals surface area contributed by atoms with Crippen LogP contribution < -0.4 is 9.47 Å². The normalized spacial score (nSPS) is 10.6. The van der Waals surface area contributed by atoms with Gasteiger partial charge >= 0.3 is 12.0 Å². The van der Waals surface area contributed by atoms with E-state index in [9.17, 15) is 0 Å². The van der Waals surface area contributed by atoms with Crippen molar-refractivity contribution in [3.05, 3.63) is 5.28 Å². The summed E-state index contributed by atoms with van der Waals surface area (Å²) >= 11 is 5.73. The first-order valence-electron chi connectivity index (χ1n) is 5.79. The van der Waals surface area contributed by atoms with Crippen LogP contribution in [0.3, 0.4) is 0 Å². The predicted molar refractivity (Wildman–Crippen MR) is 65.6 cm³/mol. The van der Waals surface area contributed by atoms with Gasteiger partial charge in [0.15, 0.2) is 0 Å². The quantitative estimate of drug-likeness (QED) is 0.705. The van der Waals surface area contributed by atoms with Gasteiger partial charge in [-0.1, -0.05) is 13.8 Å². The Morgan fingerprint density at radius 1 is 1.12 bits per heavy atom. The molecule has 0 amide bonds. The molecule has 0 aromatic carbocycles. The fourth-order valence-corrected chi connectivity index (χ4v) is 1.37. The summed E-state index contributed by atoms with van der Waals surface area (Å²) in [4.78, 5) is 11.7. The van der Waals surface area contributed by atoms with Crippen LogP contribution in [0.15, 0.2) is 0 Å². The number of halogens is 1. The molecule has 0 spiro atoms. The first-order chi connectivity index (χ1) is 8.11. The molecule has 0 saturated carbocycles. The van der Waals surface area contributed by atoms with E-state index in [1.165, 1.54) is 0 Å². The summed E-state index contributed by atoms with van der Waals surface area (Å²) in [6, 6.07) is 0.420. The number of rotatable bonds is 7. The first-order valence-corrected chi connectivity index (χ1v) is 6.16. The molecule has 96 valence electrons. The van der Waals surface area contributed by atoms with Crippen molar-refractivity contribution < 1.29 is 9.47 Å². The highest BCUT2D eigenvalue weighted by Gasteiger charge is 2.06. The molecule has 0 aliphatic carbocycles. The predicted octanol–water partition coefficient (Wildman–Crippen LogP) is 2.74. The van der Waals surface area contributed by atoms with Crippen molar-refractivity contribution in [1.82, 2.24) is 15.0 Å². The van der Waals surface area contributed by atoms with E-state index in [0.29, 0.717) is 19.1 Å². The largest absolute Gasteiger partial charge is 0.464 e. The molecule has 1 aromatic heterocycles. The lowest BCUT2D eigenvalue weighted by Crippen LogP contribution is -2.06. The zero-order valence-electron chi connectivity index (χ0n) is 10.4. The topological polar surface area (TPSA) is 57.1 Å². The van der Waals surface area contributed by atoms with E-state index in [2.05, 4.69) is 28.8 Å². The Balaban J connectivity index is 2.46. The van der Waals surface area contributed by atoms with Crippen LogP contribution in [-0.2, 0) is 0 Å². The van der Waals surface area contributed by atoms with Crippen molar-refractivity contribution in [2.45, 2.75) is 33.6 Å². The van der Waals surface area contributed by atoms with Gasteiger partial charge in [-0.2, -0.15) is 9.97 Å². The second kappa shape index (κ2) is 7.27. The van der Waals surface area contributed by atoms with Gasteiger partial charge in [-0.05, 0) is 37.3 Å². The van der Waals surface area contributed by atoms with Gasteiger partial charge < -0.3 is 9.47 Å². The molecule has 1 rings (SSSR count). The van der Waals surface area contributed by atoms with Gasteiger partial charge in [-0.3, -0.25) is 0 Å². The third-order valence-electron chi connectivity index (χ3n) is 2.00. The third-order valence-corrected chi connectivity index (χ3v) is 2.17. The van der Waals surface area contributed by atoms with Crippen LogP contribution in [0.4, 0.5) is 0 Å².